The minimum atomic E-state index is -0.685. The van der Waals surface area contributed by atoms with Crippen LogP contribution >= 0.6 is 0 Å². The molecule has 0 aliphatic rings. The van der Waals surface area contributed by atoms with Gasteiger partial charge in [0.15, 0.2) is 0 Å². The van der Waals surface area contributed by atoms with Crippen molar-refractivity contribution in [3.63, 3.8) is 0 Å². The van der Waals surface area contributed by atoms with Gasteiger partial charge in [0.1, 0.15) is 18.5 Å². The number of aliphatic hydroxyl groups excluding tert-OH is 1. The topological polar surface area (TPSA) is 55.5 Å². The summed E-state index contributed by atoms with van der Waals surface area (Å²) in [6.07, 6.45) is 0.860. The van der Waals surface area contributed by atoms with E-state index < -0.39 is 6.10 Å². The molecule has 0 aromatic heterocycles. The van der Waals surface area contributed by atoms with Gasteiger partial charge in [-0.1, -0.05) is 55.5 Å². The Hall–Kier alpha value is -1.84. The van der Waals surface area contributed by atoms with Crippen LogP contribution in [0.3, 0.4) is 0 Å². The summed E-state index contributed by atoms with van der Waals surface area (Å²) < 4.78 is 5.72. The Bertz CT molecular complexity index is 542. The van der Waals surface area contributed by atoms with Gasteiger partial charge < -0.3 is 15.6 Å². The molecule has 2 unspecified atom stereocenters. The average Bonchev–Trinajstić information content (AvgIpc) is 2.53. The number of nitrogens with two attached hydrogens (primary N) is 1. The number of aliphatic hydroxyl groups is 1. The zero-order valence-electron chi connectivity index (χ0n) is 12.4. The Kier molecular flexibility index (Phi) is 5.78. The number of aryl methyl sites for hydroxylation is 1. The van der Waals surface area contributed by atoms with Crippen LogP contribution in [0.5, 0.6) is 5.75 Å². The summed E-state index contributed by atoms with van der Waals surface area (Å²) in [6, 6.07) is 17.5. The van der Waals surface area contributed by atoms with E-state index in [1.165, 1.54) is 0 Å². The highest BCUT2D eigenvalue weighted by molar-refractivity contribution is 5.33. The van der Waals surface area contributed by atoms with Crippen LogP contribution in [0.25, 0.3) is 0 Å². The van der Waals surface area contributed by atoms with Gasteiger partial charge in [0.05, 0.1) is 0 Å². The Morgan fingerprint density at radius 1 is 1.05 bits per heavy atom. The highest BCUT2D eigenvalue weighted by atomic mass is 16.5. The van der Waals surface area contributed by atoms with Gasteiger partial charge in [0.2, 0.25) is 0 Å². The molecular weight excluding hydrogens is 262 g/mol. The summed E-state index contributed by atoms with van der Waals surface area (Å²) in [4.78, 5) is 0. The molecule has 0 aliphatic heterocycles. The lowest BCUT2D eigenvalue weighted by Gasteiger charge is -2.20. The molecule has 2 aromatic carbocycles. The zero-order chi connectivity index (χ0) is 15.1. The zero-order valence-corrected chi connectivity index (χ0v) is 12.4. The molecule has 0 amide bonds. The lowest BCUT2D eigenvalue weighted by atomic mass is 10.0. The highest BCUT2D eigenvalue weighted by Gasteiger charge is 2.16. The second kappa shape index (κ2) is 7.81. The monoisotopic (exact) mass is 285 g/mol. The van der Waals surface area contributed by atoms with Crippen LogP contribution in [0.2, 0.25) is 0 Å². The van der Waals surface area contributed by atoms with Crippen molar-refractivity contribution in [2.75, 3.05) is 6.61 Å². The highest BCUT2D eigenvalue weighted by Crippen LogP contribution is 2.18. The molecule has 0 heterocycles. The Balaban J connectivity index is 1.87. The molecule has 3 nitrogen and oxygen atoms in total. The molecule has 0 radical (unpaired) electrons. The number of hydrogen-bond acceptors (Lipinski definition) is 3. The predicted octanol–water partition coefficient (Wildman–Crippen LogP) is 2.56. The van der Waals surface area contributed by atoms with Gasteiger partial charge in [-0.15, -0.1) is 0 Å². The van der Waals surface area contributed by atoms with Crippen LogP contribution < -0.4 is 10.5 Å². The summed E-state index contributed by atoms with van der Waals surface area (Å²) >= 11 is 0. The van der Waals surface area contributed by atoms with E-state index in [1.54, 1.807) is 0 Å². The molecule has 0 fully saturated rings. The van der Waals surface area contributed by atoms with Crippen molar-refractivity contribution in [3.8, 4) is 5.75 Å². The molecule has 2 rings (SSSR count). The molecular formula is C18H23NO2. The molecule has 112 valence electrons. The molecule has 0 aliphatic carbocycles. The largest absolute Gasteiger partial charge is 0.491 e. The molecule has 0 spiro atoms. The Labute approximate surface area is 126 Å². The van der Waals surface area contributed by atoms with E-state index >= 15 is 0 Å². The fourth-order valence-corrected chi connectivity index (χ4v) is 2.26. The maximum atomic E-state index is 10.2. The third-order valence-corrected chi connectivity index (χ3v) is 3.57. The SMILES string of the molecule is CCc1ccccc1OCC(O)C(N)Cc1ccccc1. The summed E-state index contributed by atoms with van der Waals surface area (Å²) in [6.45, 7) is 2.30. The van der Waals surface area contributed by atoms with Gasteiger partial charge in [-0.2, -0.15) is 0 Å². The number of benzene rings is 2. The number of ether oxygens (including phenoxy) is 1. The van der Waals surface area contributed by atoms with Crippen molar-refractivity contribution < 1.29 is 9.84 Å². The van der Waals surface area contributed by atoms with E-state index in [0.717, 1.165) is 23.3 Å². The fourth-order valence-electron chi connectivity index (χ4n) is 2.26. The quantitative estimate of drug-likeness (QED) is 0.822. The molecule has 2 aromatic rings. The third-order valence-electron chi connectivity index (χ3n) is 3.57. The first-order valence-corrected chi connectivity index (χ1v) is 7.39. The lowest BCUT2D eigenvalue weighted by molar-refractivity contribution is 0.0847. The van der Waals surface area contributed by atoms with E-state index in [4.69, 9.17) is 10.5 Å². The van der Waals surface area contributed by atoms with Gasteiger partial charge >= 0.3 is 0 Å². The van der Waals surface area contributed by atoms with Crippen LogP contribution in [-0.4, -0.2) is 23.9 Å². The predicted molar refractivity (Wildman–Crippen MR) is 85.4 cm³/mol. The molecule has 21 heavy (non-hydrogen) atoms. The average molecular weight is 285 g/mol. The molecule has 0 saturated carbocycles. The maximum Gasteiger partial charge on any atom is 0.122 e. The van der Waals surface area contributed by atoms with Gasteiger partial charge in [0, 0.05) is 6.04 Å². The van der Waals surface area contributed by atoms with Gasteiger partial charge in [0.25, 0.3) is 0 Å². The van der Waals surface area contributed by atoms with Crippen LogP contribution in [0.4, 0.5) is 0 Å². The lowest BCUT2D eigenvalue weighted by Crippen LogP contribution is -2.40. The Morgan fingerprint density at radius 2 is 1.71 bits per heavy atom. The molecule has 3 heteroatoms. The van der Waals surface area contributed by atoms with E-state index in [1.807, 2.05) is 54.6 Å². The number of rotatable bonds is 7. The van der Waals surface area contributed by atoms with Crippen molar-refractivity contribution in [1.82, 2.24) is 0 Å². The minimum Gasteiger partial charge on any atom is -0.491 e. The molecule has 0 saturated heterocycles. The standard InChI is InChI=1S/C18H23NO2/c1-2-15-10-6-7-11-18(15)21-13-17(20)16(19)12-14-8-4-3-5-9-14/h3-11,16-17,20H,2,12-13,19H2,1H3. The van der Waals surface area contributed by atoms with Crippen molar-refractivity contribution in [2.24, 2.45) is 5.73 Å². The summed E-state index contributed by atoms with van der Waals surface area (Å²) in [5, 5.41) is 10.2. The van der Waals surface area contributed by atoms with Crippen molar-refractivity contribution >= 4 is 0 Å². The number of para-hydroxylation sites is 1. The summed E-state index contributed by atoms with van der Waals surface area (Å²) in [7, 11) is 0. The van der Waals surface area contributed by atoms with Gasteiger partial charge in [-0.05, 0) is 30.0 Å². The first-order chi connectivity index (χ1) is 10.2. The van der Waals surface area contributed by atoms with Crippen molar-refractivity contribution in [1.29, 1.82) is 0 Å². The summed E-state index contributed by atoms with van der Waals surface area (Å²) in [5.41, 5.74) is 8.32. The van der Waals surface area contributed by atoms with Gasteiger partial charge in [-0.25, -0.2) is 0 Å². The van der Waals surface area contributed by atoms with E-state index in [-0.39, 0.29) is 12.6 Å². The van der Waals surface area contributed by atoms with Crippen LogP contribution in [0, 0.1) is 0 Å². The van der Waals surface area contributed by atoms with Crippen molar-refractivity contribution in [3.05, 3.63) is 65.7 Å². The smallest absolute Gasteiger partial charge is 0.122 e. The maximum absolute atomic E-state index is 10.2. The van der Waals surface area contributed by atoms with Crippen LogP contribution in [0.1, 0.15) is 18.1 Å². The van der Waals surface area contributed by atoms with Crippen LogP contribution in [0.15, 0.2) is 54.6 Å². The molecule has 2 atom stereocenters. The number of hydrogen-bond donors (Lipinski definition) is 2. The Morgan fingerprint density at radius 3 is 2.43 bits per heavy atom. The molecule has 3 N–H and O–H groups in total. The third kappa shape index (κ3) is 4.59. The van der Waals surface area contributed by atoms with Crippen molar-refractivity contribution in [2.45, 2.75) is 31.9 Å². The van der Waals surface area contributed by atoms with E-state index in [2.05, 4.69) is 6.92 Å². The first-order valence-electron chi connectivity index (χ1n) is 7.39. The second-order valence-corrected chi connectivity index (χ2v) is 5.19. The van der Waals surface area contributed by atoms with E-state index in [9.17, 15) is 5.11 Å². The second-order valence-electron chi connectivity index (χ2n) is 5.19. The van der Waals surface area contributed by atoms with Crippen LogP contribution in [-0.2, 0) is 12.8 Å². The van der Waals surface area contributed by atoms with E-state index in [0.29, 0.717) is 6.42 Å². The first kappa shape index (κ1) is 15.5. The normalized spacial score (nSPS) is 13.7. The minimum absolute atomic E-state index is 0.213. The van der Waals surface area contributed by atoms with Gasteiger partial charge in [-0.3, -0.25) is 0 Å². The molecule has 0 bridgehead atoms. The fraction of sp³-hybridized carbons (Fsp3) is 0.333. The summed E-state index contributed by atoms with van der Waals surface area (Å²) in [5.74, 6) is 0.825.